The molecule has 5 nitrogen and oxygen atoms in total. The van der Waals surface area contributed by atoms with Gasteiger partial charge in [-0.15, -0.1) is 0 Å². The molecule has 1 amide bonds. The van der Waals surface area contributed by atoms with Crippen LogP contribution in [0.3, 0.4) is 0 Å². The van der Waals surface area contributed by atoms with E-state index in [0.717, 1.165) is 25.8 Å². The molecule has 2 N–H and O–H groups in total. The van der Waals surface area contributed by atoms with Crippen LogP contribution in [0.1, 0.15) is 46.0 Å². The zero-order chi connectivity index (χ0) is 14.3. The van der Waals surface area contributed by atoms with E-state index in [4.69, 9.17) is 0 Å². The van der Waals surface area contributed by atoms with Crippen LogP contribution >= 0.6 is 0 Å². The number of sulfone groups is 1. The highest BCUT2D eigenvalue weighted by molar-refractivity contribution is 7.91. The largest absolute Gasteiger partial charge is 0.355 e. The maximum Gasteiger partial charge on any atom is 0.236 e. The molecule has 1 aliphatic heterocycles. The summed E-state index contributed by atoms with van der Waals surface area (Å²) in [5.74, 6) is 0.468. The second-order valence-corrected chi connectivity index (χ2v) is 7.62. The van der Waals surface area contributed by atoms with Crippen LogP contribution in [0.25, 0.3) is 0 Å². The van der Waals surface area contributed by atoms with Gasteiger partial charge in [0.2, 0.25) is 5.91 Å². The van der Waals surface area contributed by atoms with Gasteiger partial charge >= 0.3 is 0 Å². The first kappa shape index (κ1) is 16.4. The van der Waals surface area contributed by atoms with E-state index in [2.05, 4.69) is 17.6 Å². The fourth-order valence-electron chi connectivity index (χ4n) is 2.23. The van der Waals surface area contributed by atoms with Gasteiger partial charge in [-0.2, -0.15) is 0 Å². The van der Waals surface area contributed by atoms with Gasteiger partial charge in [-0.1, -0.05) is 19.8 Å². The van der Waals surface area contributed by atoms with Crippen molar-refractivity contribution < 1.29 is 13.2 Å². The lowest BCUT2D eigenvalue weighted by molar-refractivity contribution is -0.122. The lowest BCUT2D eigenvalue weighted by Crippen LogP contribution is -2.49. The number of hydrogen-bond acceptors (Lipinski definition) is 4. The van der Waals surface area contributed by atoms with Crippen molar-refractivity contribution in [1.29, 1.82) is 0 Å². The first-order valence-corrected chi connectivity index (χ1v) is 9.01. The molecule has 1 fully saturated rings. The Morgan fingerprint density at radius 2 is 1.89 bits per heavy atom. The normalized spacial score (nSPS) is 20.9. The average molecular weight is 290 g/mol. The van der Waals surface area contributed by atoms with Crippen LogP contribution < -0.4 is 10.6 Å². The van der Waals surface area contributed by atoms with E-state index in [-0.39, 0.29) is 29.5 Å². The van der Waals surface area contributed by atoms with Crippen molar-refractivity contribution >= 4 is 15.7 Å². The minimum atomic E-state index is -2.83. The number of unbranched alkanes of at least 4 members (excludes halogenated alkanes) is 2. The summed E-state index contributed by atoms with van der Waals surface area (Å²) in [5.41, 5.74) is 0. The molecule has 112 valence electrons. The maximum atomic E-state index is 11.8. The molecule has 1 saturated heterocycles. The van der Waals surface area contributed by atoms with E-state index >= 15 is 0 Å². The summed E-state index contributed by atoms with van der Waals surface area (Å²) in [5, 5.41) is 6.12. The maximum absolute atomic E-state index is 11.8. The molecule has 1 heterocycles. The number of hydrogen-bond donors (Lipinski definition) is 2. The monoisotopic (exact) mass is 290 g/mol. The van der Waals surface area contributed by atoms with Gasteiger partial charge in [0.25, 0.3) is 0 Å². The average Bonchev–Trinajstić information content (AvgIpc) is 2.37. The lowest BCUT2D eigenvalue weighted by atomic mass is 10.1. The second-order valence-electron chi connectivity index (χ2n) is 5.31. The van der Waals surface area contributed by atoms with Crippen molar-refractivity contribution in [3.05, 3.63) is 0 Å². The Labute approximate surface area is 116 Å². The Balaban J connectivity index is 2.23. The molecule has 0 aromatic rings. The third-order valence-corrected chi connectivity index (χ3v) is 5.23. The van der Waals surface area contributed by atoms with Crippen LogP contribution in [0.15, 0.2) is 0 Å². The van der Waals surface area contributed by atoms with E-state index in [0.29, 0.717) is 12.8 Å². The lowest BCUT2D eigenvalue weighted by Gasteiger charge is -2.26. The second kappa shape index (κ2) is 7.85. The molecule has 1 unspecified atom stereocenters. The van der Waals surface area contributed by atoms with Crippen LogP contribution in [0, 0.1) is 0 Å². The van der Waals surface area contributed by atoms with Gasteiger partial charge in [-0.05, 0) is 26.2 Å². The Morgan fingerprint density at radius 3 is 2.47 bits per heavy atom. The molecule has 0 bridgehead atoms. The minimum Gasteiger partial charge on any atom is -0.355 e. The zero-order valence-corrected chi connectivity index (χ0v) is 12.8. The quantitative estimate of drug-likeness (QED) is 0.682. The smallest absolute Gasteiger partial charge is 0.236 e. The molecule has 19 heavy (non-hydrogen) atoms. The van der Waals surface area contributed by atoms with Crippen molar-refractivity contribution in [2.75, 3.05) is 18.1 Å². The molecule has 1 aliphatic rings. The molecular weight excluding hydrogens is 264 g/mol. The summed E-state index contributed by atoms with van der Waals surface area (Å²) in [6.07, 6.45) is 4.49. The third kappa shape index (κ3) is 6.38. The molecule has 0 aromatic carbocycles. The topological polar surface area (TPSA) is 75.3 Å². The predicted octanol–water partition coefficient (Wildman–Crippen LogP) is 0.848. The molecule has 0 saturated carbocycles. The van der Waals surface area contributed by atoms with Gasteiger partial charge in [0, 0.05) is 12.6 Å². The fraction of sp³-hybridized carbons (Fsp3) is 0.923. The van der Waals surface area contributed by atoms with Crippen molar-refractivity contribution in [1.82, 2.24) is 10.6 Å². The SMILES string of the molecule is CCCCCNC(=O)C(C)NC1CCS(=O)(=O)CC1. The van der Waals surface area contributed by atoms with Crippen LogP contribution in [0.4, 0.5) is 0 Å². The molecule has 0 aliphatic carbocycles. The molecule has 1 rings (SSSR count). The summed E-state index contributed by atoms with van der Waals surface area (Å²) < 4.78 is 22.6. The third-order valence-electron chi connectivity index (χ3n) is 3.51. The number of carbonyl (C=O) groups excluding carboxylic acids is 1. The molecule has 0 spiro atoms. The zero-order valence-electron chi connectivity index (χ0n) is 11.9. The minimum absolute atomic E-state index is 0.00420. The standard InChI is InChI=1S/C13H26N2O3S/c1-3-4-5-8-14-13(16)11(2)15-12-6-9-19(17,18)10-7-12/h11-12,15H,3-10H2,1-2H3,(H,14,16). The highest BCUT2D eigenvalue weighted by atomic mass is 32.2. The predicted molar refractivity (Wildman–Crippen MR) is 76.8 cm³/mol. The van der Waals surface area contributed by atoms with Crippen LogP contribution in [0.2, 0.25) is 0 Å². The number of rotatable bonds is 7. The van der Waals surface area contributed by atoms with Gasteiger partial charge in [-0.25, -0.2) is 8.42 Å². The molecule has 0 radical (unpaired) electrons. The summed E-state index contributed by atoms with van der Waals surface area (Å²) in [6, 6.07) is -0.118. The van der Waals surface area contributed by atoms with E-state index in [9.17, 15) is 13.2 Å². The van der Waals surface area contributed by atoms with Gasteiger partial charge in [-0.3, -0.25) is 4.79 Å². The molecule has 1 atom stereocenters. The Morgan fingerprint density at radius 1 is 1.26 bits per heavy atom. The Bertz CT molecular complexity index is 367. The molecule has 0 aromatic heterocycles. The van der Waals surface area contributed by atoms with E-state index in [1.807, 2.05) is 6.92 Å². The van der Waals surface area contributed by atoms with Gasteiger partial charge in [0.15, 0.2) is 0 Å². The van der Waals surface area contributed by atoms with Crippen molar-refractivity contribution in [3.8, 4) is 0 Å². The van der Waals surface area contributed by atoms with Crippen LogP contribution in [-0.4, -0.2) is 44.5 Å². The van der Waals surface area contributed by atoms with Crippen molar-refractivity contribution in [2.24, 2.45) is 0 Å². The molecular formula is C13H26N2O3S. The van der Waals surface area contributed by atoms with Crippen LogP contribution in [-0.2, 0) is 14.6 Å². The fourth-order valence-corrected chi connectivity index (χ4v) is 3.72. The van der Waals surface area contributed by atoms with Gasteiger partial charge in [0.1, 0.15) is 9.84 Å². The highest BCUT2D eigenvalue weighted by Gasteiger charge is 2.25. The van der Waals surface area contributed by atoms with E-state index in [1.165, 1.54) is 0 Å². The Hall–Kier alpha value is -0.620. The Kier molecular flexibility index (Phi) is 6.79. The first-order valence-electron chi connectivity index (χ1n) is 7.19. The summed E-state index contributed by atoms with van der Waals surface area (Å²) in [4.78, 5) is 11.8. The van der Waals surface area contributed by atoms with E-state index in [1.54, 1.807) is 0 Å². The van der Waals surface area contributed by atoms with Gasteiger partial charge in [0.05, 0.1) is 17.5 Å². The molecule has 6 heteroatoms. The van der Waals surface area contributed by atoms with Crippen molar-refractivity contribution in [3.63, 3.8) is 0 Å². The highest BCUT2D eigenvalue weighted by Crippen LogP contribution is 2.12. The number of nitrogens with one attached hydrogen (secondary N) is 2. The summed E-state index contributed by atoms with van der Waals surface area (Å²) >= 11 is 0. The summed E-state index contributed by atoms with van der Waals surface area (Å²) in [6.45, 7) is 4.68. The number of carbonyl (C=O) groups is 1. The summed E-state index contributed by atoms with van der Waals surface area (Å²) in [7, 11) is -2.83. The first-order chi connectivity index (χ1) is 8.94. The van der Waals surface area contributed by atoms with Crippen molar-refractivity contribution in [2.45, 2.75) is 58.0 Å². The van der Waals surface area contributed by atoms with Crippen LogP contribution in [0.5, 0.6) is 0 Å². The van der Waals surface area contributed by atoms with E-state index < -0.39 is 9.84 Å². The van der Waals surface area contributed by atoms with Gasteiger partial charge < -0.3 is 10.6 Å². The number of amides is 1.